The highest BCUT2D eigenvalue weighted by atomic mass is 35.5. The van der Waals surface area contributed by atoms with Crippen LogP contribution in [-0.2, 0) is 14.8 Å². The highest BCUT2D eigenvalue weighted by Gasteiger charge is 2.20. The third-order valence-electron chi connectivity index (χ3n) is 3.01. The first kappa shape index (κ1) is 19.1. The molecular formula is C15H13ClF2N2O4S. The summed E-state index contributed by atoms with van der Waals surface area (Å²) in [5.74, 6) is -1.79. The van der Waals surface area contributed by atoms with Crippen LogP contribution < -0.4 is 15.0 Å². The molecule has 25 heavy (non-hydrogen) atoms. The minimum Gasteiger partial charge on any atom is -0.481 e. The normalized spacial score (nSPS) is 12.5. The van der Waals surface area contributed by atoms with Crippen LogP contribution >= 0.6 is 11.6 Å². The van der Waals surface area contributed by atoms with Gasteiger partial charge in [0.15, 0.2) is 6.10 Å². The van der Waals surface area contributed by atoms with Crippen molar-refractivity contribution >= 4 is 27.5 Å². The summed E-state index contributed by atoms with van der Waals surface area (Å²) in [4.78, 5) is 13.4. The Kier molecular flexibility index (Phi) is 5.93. The van der Waals surface area contributed by atoms with E-state index in [-0.39, 0.29) is 15.7 Å². The van der Waals surface area contributed by atoms with Crippen molar-refractivity contribution in [1.29, 1.82) is 0 Å². The zero-order chi connectivity index (χ0) is 18.6. The fourth-order valence-corrected chi connectivity index (χ4v) is 2.81. The molecule has 0 unspecified atom stereocenters. The van der Waals surface area contributed by atoms with Crippen LogP contribution in [0.15, 0.2) is 47.4 Å². The molecule has 0 radical (unpaired) electrons. The van der Waals surface area contributed by atoms with Crippen LogP contribution in [0.1, 0.15) is 6.92 Å². The second kappa shape index (κ2) is 7.77. The number of ether oxygens (including phenoxy) is 1. The quantitative estimate of drug-likeness (QED) is 0.742. The van der Waals surface area contributed by atoms with Gasteiger partial charge in [-0.25, -0.2) is 17.2 Å². The zero-order valence-electron chi connectivity index (χ0n) is 12.8. The molecule has 2 N–H and O–H groups in total. The van der Waals surface area contributed by atoms with Gasteiger partial charge in [-0.1, -0.05) is 11.6 Å². The largest absolute Gasteiger partial charge is 0.481 e. The number of nitrogens with one attached hydrogen (secondary N) is 2. The summed E-state index contributed by atoms with van der Waals surface area (Å²) in [6.45, 7) is 1.38. The summed E-state index contributed by atoms with van der Waals surface area (Å²) in [5, 5.41) is -0.373. The van der Waals surface area contributed by atoms with Crippen LogP contribution in [0.25, 0.3) is 0 Å². The molecule has 6 nitrogen and oxygen atoms in total. The SMILES string of the molecule is C[C@@H](Oc1ccc(F)cc1)C(=O)NNS(=O)(=O)c1ccc(F)c(Cl)c1. The summed E-state index contributed by atoms with van der Waals surface area (Å²) < 4.78 is 55.2. The van der Waals surface area contributed by atoms with Gasteiger partial charge in [0.2, 0.25) is 0 Å². The van der Waals surface area contributed by atoms with Gasteiger partial charge in [0.25, 0.3) is 15.9 Å². The molecule has 0 aromatic heterocycles. The van der Waals surface area contributed by atoms with Crippen molar-refractivity contribution < 1.29 is 26.7 Å². The maximum Gasteiger partial charge on any atom is 0.275 e. The number of benzene rings is 2. The molecule has 134 valence electrons. The van der Waals surface area contributed by atoms with Gasteiger partial charge >= 0.3 is 0 Å². The first-order chi connectivity index (χ1) is 11.7. The van der Waals surface area contributed by atoms with Crippen LogP contribution in [0.4, 0.5) is 8.78 Å². The van der Waals surface area contributed by atoms with Gasteiger partial charge in [0.1, 0.15) is 17.4 Å². The molecule has 2 rings (SSSR count). The van der Waals surface area contributed by atoms with E-state index in [4.69, 9.17) is 16.3 Å². The minimum absolute atomic E-state index is 0.234. The fourth-order valence-electron chi connectivity index (χ4n) is 1.69. The summed E-state index contributed by atoms with van der Waals surface area (Å²) in [6, 6.07) is 7.74. The Morgan fingerprint density at radius 3 is 2.40 bits per heavy atom. The Hall–Kier alpha value is -2.23. The van der Waals surface area contributed by atoms with E-state index in [1.54, 1.807) is 0 Å². The average Bonchev–Trinajstić information content (AvgIpc) is 2.57. The molecule has 0 bridgehead atoms. The lowest BCUT2D eigenvalue weighted by atomic mass is 10.3. The van der Waals surface area contributed by atoms with E-state index in [0.29, 0.717) is 0 Å². The van der Waals surface area contributed by atoms with Crippen LogP contribution in [-0.4, -0.2) is 20.4 Å². The van der Waals surface area contributed by atoms with Crippen LogP contribution in [0, 0.1) is 11.6 Å². The van der Waals surface area contributed by atoms with Gasteiger partial charge in [-0.2, -0.15) is 0 Å². The minimum atomic E-state index is -4.14. The number of hydrogen-bond donors (Lipinski definition) is 2. The van der Waals surface area contributed by atoms with Crippen LogP contribution in [0.2, 0.25) is 5.02 Å². The first-order valence-corrected chi connectivity index (χ1v) is 8.74. The molecule has 1 amide bonds. The molecule has 2 aromatic rings. The van der Waals surface area contributed by atoms with E-state index >= 15 is 0 Å². The molecule has 10 heteroatoms. The van der Waals surface area contributed by atoms with E-state index in [1.807, 2.05) is 10.3 Å². The van der Waals surface area contributed by atoms with Gasteiger partial charge < -0.3 is 4.74 Å². The number of amides is 1. The molecule has 0 aliphatic heterocycles. The fraction of sp³-hybridized carbons (Fsp3) is 0.133. The number of rotatable bonds is 6. The van der Waals surface area contributed by atoms with Crippen molar-refractivity contribution in [2.24, 2.45) is 0 Å². The number of hydrazine groups is 1. The number of carbonyl (C=O) groups excluding carboxylic acids is 1. The molecule has 1 atom stereocenters. The number of carbonyl (C=O) groups is 1. The molecule has 0 fully saturated rings. The smallest absolute Gasteiger partial charge is 0.275 e. The maximum absolute atomic E-state index is 13.1. The Labute approximate surface area is 147 Å². The lowest BCUT2D eigenvalue weighted by molar-refractivity contribution is -0.127. The second-order valence-corrected chi connectivity index (χ2v) is 6.97. The monoisotopic (exact) mass is 390 g/mol. The lowest BCUT2D eigenvalue weighted by Crippen LogP contribution is -2.47. The van der Waals surface area contributed by atoms with Gasteiger partial charge in [-0.05, 0) is 49.4 Å². The Morgan fingerprint density at radius 2 is 1.80 bits per heavy atom. The molecular weight excluding hydrogens is 378 g/mol. The molecule has 0 saturated heterocycles. The van der Waals surface area contributed by atoms with Crippen molar-refractivity contribution in [2.75, 3.05) is 0 Å². The first-order valence-electron chi connectivity index (χ1n) is 6.88. The molecule has 0 saturated carbocycles. The van der Waals surface area contributed by atoms with Crippen molar-refractivity contribution in [1.82, 2.24) is 10.3 Å². The van der Waals surface area contributed by atoms with Crippen LogP contribution in [0.5, 0.6) is 5.75 Å². The zero-order valence-corrected chi connectivity index (χ0v) is 14.4. The third kappa shape index (κ3) is 5.12. The molecule has 0 aliphatic rings. The van der Waals surface area contributed by atoms with Crippen molar-refractivity contribution in [2.45, 2.75) is 17.9 Å². The molecule has 0 heterocycles. The highest BCUT2D eigenvalue weighted by Crippen LogP contribution is 2.19. The van der Waals surface area contributed by atoms with Gasteiger partial charge in [-0.3, -0.25) is 10.2 Å². The van der Waals surface area contributed by atoms with Gasteiger partial charge in [-0.15, -0.1) is 4.83 Å². The summed E-state index contributed by atoms with van der Waals surface area (Å²) in [6.07, 6.45) is -1.06. The van der Waals surface area contributed by atoms with Gasteiger partial charge in [0, 0.05) is 0 Å². The topological polar surface area (TPSA) is 84.5 Å². The Balaban J connectivity index is 1.97. The predicted octanol–water partition coefficient (Wildman–Crippen LogP) is 2.40. The Morgan fingerprint density at radius 1 is 1.16 bits per heavy atom. The average molecular weight is 391 g/mol. The Bertz CT molecular complexity index is 876. The number of sulfonamides is 1. The van der Waals surface area contributed by atoms with Crippen molar-refractivity contribution in [3.63, 3.8) is 0 Å². The number of hydrogen-bond acceptors (Lipinski definition) is 4. The second-order valence-electron chi connectivity index (χ2n) is 4.88. The standard InChI is InChI=1S/C15H13ClF2N2O4S/c1-9(24-11-4-2-10(17)3-5-11)15(21)19-20-25(22,23)12-6-7-14(18)13(16)8-12/h2-9,20H,1H3,(H,19,21)/t9-/m1/s1. The maximum atomic E-state index is 13.1. The van der Waals surface area contributed by atoms with Crippen LogP contribution in [0.3, 0.4) is 0 Å². The van der Waals surface area contributed by atoms with E-state index < -0.39 is 33.7 Å². The summed E-state index contributed by atoms with van der Waals surface area (Å²) >= 11 is 5.53. The summed E-state index contributed by atoms with van der Waals surface area (Å²) in [5.41, 5.74) is 1.97. The van der Waals surface area contributed by atoms with E-state index in [2.05, 4.69) is 0 Å². The predicted molar refractivity (Wildman–Crippen MR) is 86.4 cm³/mol. The van der Waals surface area contributed by atoms with E-state index in [9.17, 15) is 22.0 Å². The third-order valence-corrected chi connectivity index (χ3v) is 4.54. The molecule has 0 aliphatic carbocycles. The molecule has 0 spiro atoms. The van der Waals surface area contributed by atoms with E-state index in [0.717, 1.165) is 30.3 Å². The summed E-state index contributed by atoms with van der Waals surface area (Å²) in [7, 11) is -4.14. The van der Waals surface area contributed by atoms with Crippen molar-refractivity contribution in [3.05, 3.63) is 59.1 Å². The molecule has 2 aromatic carbocycles. The number of halogens is 3. The lowest BCUT2D eigenvalue weighted by Gasteiger charge is -2.15. The van der Waals surface area contributed by atoms with Gasteiger partial charge in [0.05, 0.1) is 9.92 Å². The van der Waals surface area contributed by atoms with E-state index in [1.165, 1.54) is 19.1 Å². The van der Waals surface area contributed by atoms with Crippen molar-refractivity contribution in [3.8, 4) is 5.75 Å². The highest BCUT2D eigenvalue weighted by molar-refractivity contribution is 7.89.